The van der Waals surface area contributed by atoms with Crippen LogP contribution in [0, 0.1) is 5.92 Å². The number of aliphatic hydroxyl groups is 1. The number of methoxy groups -OCH3 is 1. The van der Waals surface area contributed by atoms with E-state index < -0.39 is 6.10 Å². The van der Waals surface area contributed by atoms with Crippen molar-refractivity contribution in [1.29, 1.82) is 0 Å². The standard InChI is InChI=1S/C17H24O4/c1-19-11-14-4-2-3-5-15(14)16(18)13-6-8-21-17(10-13)7-9-20-12-17/h2-5,13,16,18H,6-12H2,1H3. The molecule has 0 radical (unpaired) electrons. The first kappa shape index (κ1) is 15.0. The molecule has 4 nitrogen and oxygen atoms in total. The summed E-state index contributed by atoms with van der Waals surface area (Å²) in [5, 5.41) is 10.8. The zero-order chi connectivity index (χ0) is 14.7. The maximum Gasteiger partial charge on any atom is 0.0940 e. The van der Waals surface area contributed by atoms with Crippen LogP contribution >= 0.6 is 0 Å². The second-order valence-corrected chi connectivity index (χ2v) is 6.16. The molecule has 3 atom stereocenters. The molecule has 3 rings (SSSR count). The van der Waals surface area contributed by atoms with Crippen LogP contribution in [0.4, 0.5) is 0 Å². The minimum atomic E-state index is -0.460. The fourth-order valence-electron chi connectivity index (χ4n) is 3.56. The molecule has 2 aliphatic heterocycles. The quantitative estimate of drug-likeness (QED) is 0.926. The van der Waals surface area contributed by atoms with Crippen molar-refractivity contribution in [2.75, 3.05) is 26.9 Å². The van der Waals surface area contributed by atoms with Gasteiger partial charge in [-0.3, -0.25) is 0 Å². The van der Waals surface area contributed by atoms with E-state index in [1.807, 2.05) is 24.3 Å². The van der Waals surface area contributed by atoms with E-state index in [-0.39, 0.29) is 11.5 Å². The maximum atomic E-state index is 10.8. The normalized spacial score (nSPS) is 30.7. The van der Waals surface area contributed by atoms with E-state index >= 15 is 0 Å². The van der Waals surface area contributed by atoms with Crippen molar-refractivity contribution in [3.63, 3.8) is 0 Å². The maximum absolute atomic E-state index is 10.8. The summed E-state index contributed by atoms with van der Waals surface area (Å²) in [4.78, 5) is 0. The van der Waals surface area contributed by atoms with Gasteiger partial charge < -0.3 is 19.3 Å². The van der Waals surface area contributed by atoms with Gasteiger partial charge in [0.25, 0.3) is 0 Å². The van der Waals surface area contributed by atoms with Crippen LogP contribution in [0.15, 0.2) is 24.3 Å². The summed E-state index contributed by atoms with van der Waals surface area (Å²) < 4.78 is 16.7. The Hall–Kier alpha value is -0.940. The van der Waals surface area contributed by atoms with Gasteiger partial charge in [0.2, 0.25) is 0 Å². The summed E-state index contributed by atoms with van der Waals surface area (Å²) in [5.74, 6) is 0.221. The highest BCUT2D eigenvalue weighted by atomic mass is 16.6. The molecule has 0 aliphatic carbocycles. The predicted octanol–water partition coefficient (Wildman–Crippen LogP) is 2.45. The molecule has 21 heavy (non-hydrogen) atoms. The molecule has 0 amide bonds. The van der Waals surface area contributed by atoms with E-state index in [9.17, 15) is 5.11 Å². The molecule has 1 aromatic carbocycles. The van der Waals surface area contributed by atoms with Crippen molar-refractivity contribution in [3.8, 4) is 0 Å². The fraction of sp³-hybridized carbons (Fsp3) is 0.647. The molecule has 0 bridgehead atoms. The highest BCUT2D eigenvalue weighted by Gasteiger charge is 2.43. The van der Waals surface area contributed by atoms with E-state index in [4.69, 9.17) is 14.2 Å². The minimum Gasteiger partial charge on any atom is -0.388 e. The largest absolute Gasteiger partial charge is 0.388 e. The first-order valence-corrected chi connectivity index (χ1v) is 7.71. The third kappa shape index (κ3) is 3.14. The van der Waals surface area contributed by atoms with Gasteiger partial charge in [-0.05, 0) is 29.9 Å². The van der Waals surface area contributed by atoms with Crippen molar-refractivity contribution in [2.24, 2.45) is 5.92 Å². The van der Waals surface area contributed by atoms with Gasteiger partial charge in [-0.25, -0.2) is 0 Å². The molecular formula is C17H24O4. The van der Waals surface area contributed by atoms with Gasteiger partial charge >= 0.3 is 0 Å². The first-order valence-electron chi connectivity index (χ1n) is 7.71. The Morgan fingerprint density at radius 3 is 3.00 bits per heavy atom. The summed E-state index contributed by atoms with van der Waals surface area (Å²) in [6.45, 7) is 2.67. The molecule has 4 heteroatoms. The van der Waals surface area contributed by atoms with Crippen LogP contribution in [0.5, 0.6) is 0 Å². The number of hydrogen-bond acceptors (Lipinski definition) is 4. The first-order chi connectivity index (χ1) is 10.2. The lowest BCUT2D eigenvalue weighted by atomic mass is 9.79. The molecule has 1 aromatic rings. The third-order valence-corrected chi connectivity index (χ3v) is 4.72. The Morgan fingerprint density at radius 2 is 2.24 bits per heavy atom. The molecule has 0 saturated carbocycles. The molecule has 1 N–H and O–H groups in total. The van der Waals surface area contributed by atoms with Crippen molar-refractivity contribution in [3.05, 3.63) is 35.4 Å². The fourth-order valence-corrected chi connectivity index (χ4v) is 3.56. The lowest BCUT2D eigenvalue weighted by Crippen LogP contribution is -2.42. The number of aliphatic hydroxyl groups excluding tert-OH is 1. The smallest absolute Gasteiger partial charge is 0.0940 e. The Morgan fingerprint density at radius 1 is 1.38 bits per heavy atom. The Kier molecular flexibility index (Phi) is 4.60. The summed E-state index contributed by atoms with van der Waals surface area (Å²) in [6, 6.07) is 7.99. The topological polar surface area (TPSA) is 47.9 Å². The van der Waals surface area contributed by atoms with Gasteiger partial charge in [-0.1, -0.05) is 24.3 Å². The lowest BCUT2D eigenvalue weighted by molar-refractivity contribution is -0.117. The number of benzene rings is 1. The molecule has 1 spiro atoms. The molecule has 2 heterocycles. The molecule has 2 saturated heterocycles. The summed E-state index contributed by atoms with van der Waals surface area (Å²) in [5.41, 5.74) is 1.89. The van der Waals surface area contributed by atoms with Crippen LogP contribution in [0.3, 0.4) is 0 Å². The molecular weight excluding hydrogens is 268 g/mol. The molecule has 2 aliphatic rings. The monoisotopic (exact) mass is 292 g/mol. The number of hydrogen-bond donors (Lipinski definition) is 1. The molecule has 2 fully saturated rings. The number of ether oxygens (including phenoxy) is 3. The Balaban J connectivity index is 1.76. The van der Waals surface area contributed by atoms with Gasteiger partial charge in [0.1, 0.15) is 0 Å². The minimum absolute atomic E-state index is 0.167. The van der Waals surface area contributed by atoms with Crippen LogP contribution in [-0.2, 0) is 20.8 Å². The molecule has 0 aromatic heterocycles. The third-order valence-electron chi connectivity index (χ3n) is 4.72. The summed E-state index contributed by atoms with van der Waals surface area (Å²) in [7, 11) is 1.68. The number of rotatable bonds is 4. The highest BCUT2D eigenvalue weighted by Crippen LogP contribution is 2.41. The van der Waals surface area contributed by atoms with E-state index in [0.717, 1.165) is 37.0 Å². The molecule has 3 unspecified atom stereocenters. The van der Waals surface area contributed by atoms with Crippen molar-refractivity contribution < 1.29 is 19.3 Å². The van der Waals surface area contributed by atoms with E-state index in [0.29, 0.717) is 19.8 Å². The van der Waals surface area contributed by atoms with Crippen molar-refractivity contribution >= 4 is 0 Å². The lowest BCUT2D eigenvalue weighted by Gasteiger charge is -2.39. The van der Waals surface area contributed by atoms with Crippen molar-refractivity contribution in [2.45, 2.75) is 37.6 Å². The van der Waals surface area contributed by atoms with Gasteiger partial charge in [0.15, 0.2) is 0 Å². The van der Waals surface area contributed by atoms with Gasteiger partial charge in [0.05, 0.1) is 24.9 Å². The zero-order valence-electron chi connectivity index (χ0n) is 12.6. The van der Waals surface area contributed by atoms with Gasteiger partial charge in [0, 0.05) is 26.7 Å². The van der Waals surface area contributed by atoms with Gasteiger partial charge in [-0.2, -0.15) is 0 Å². The Labute approximate surface area is 126 Å². The van der Waals surface area contributed by atoms with Crippen LogP contribution < -0.4 is 0 Å². The zero-order valence-corrected chi connectivity index (χ0v) is 12.6. The van der Waals surface area contributed by atoms with Crippen molar-refractivity contribution in [1.82, 2.24) is 0 Å². The van der Waals surface area contributed by atoms with Crippen LogP contribution in [-0.4, -0.2) is 37.6 Å². The van der Waals surface area contributed by atoms with Crippen LogP contribution in [0.2, 0.25) is 0 Å². The average molecular weight is 292 g/mol. The van der Waals surface area contributed by atoms with Crippen LogP contribution in [0.25, 0.3) is 0 Å². The second kappa shape index (κ2) is 6.44. The Bertz CT molecular complexity index is 468. The van der Waals surface area contributed by atoms with E-state index in [2.05, 4.69) is 0 Å². The van der Waals surface area contributed by atoms with E-state index in [1.54, 1.807) is 7.11 Å². The predicted molar refractivity (Wildman–Crippen MR) is 79.0 cm³/mol. The van der Waals surface area contributed by atoms with E-state index in [1.165, 1.54) is 0 Å². The highest BCUT2D eigenvalue weighted by molar-refractivity contribution is 5.29. The molecule has 116 valence electrons. The summed E-state index contributed by atoms with van der Waals surface area (Å²) in [6.07, 6.45) is 2.24. The summed E-state index contributed by atoms with van der Waals surface area (Å²) >= 11 is 0. The SMILES string of the molecule is COCc1ccccc1C(O)C1CCOC2(CCOC2)C1. The second-order valence-electron chi connectivity index (χ2n) is 6.16. The average Bonchev–Trinajstić information content (AvgIpc) is 2.95. The van der Waals surface area contributed by atoms with Crippen LogP contribution in [0.1, 0.15) is 36.5 Å². The van der Waals surface area contributed by atoms with Gasteiger partial charge in [-0.15, -0.1) is 0 Å².